The smallest absolute Gasteiger partial charge is 0.378 e. The molecule has 0 saturated carbocycles. The van der Waals surface area contributed by atoms with Gasteiger partial charge in [-0.05, 0) is 20.3 Å². The molecule has 7 nitrogen and oxygen atoms in total. The predicted octanol–water partition coefficient (Wildman–Crippen LogP) is 0.0808. The molecular weight excluding hydrogens is 280 g/mol. The molecule has 0 spiro atoms. The third kappa shape index (κ3) is 5.18. The number of aliphatic hydroxyl groups is 3. The van der Waals surface area contributed by atoms with Crippen LogP contribution in [0.25, 0.3) is 0 Å². The molecule has 0 amide bonds. The summed E-state index contributed by atoms with van der Waals surface area (Å²) < 4.78 is 15.7. The topological polar surface area (TPSA) is 105 Å². The summed E-state index contributed by atoms with van der Waals surface area (Å²) in [6, 6.07) is 0. The number of carbonyl (C=O) groups excluding carboxylic acids is 1. The van der Waals surface area contributed by atoms with Gasteiger partial charge in [0.05, 0.1) is 18.8 Å². The summed E-state index contributed by atoms with van der Waals surface area (Å²) in [5, 5.41) is 28.4. The van der Waals surface area contributed by atoms with Crippen molar-refractivity contribution in [1.82, 2.24) is 0 Å². The maximum atomic E-state index is 11.8. The number of unbranched alkanes of at least 4 members (excludes halogenated alkanes) is 1. The van der Waals surface area contributed by atoms with Gasteiger partial charge in [-0.1, -0.05) is 13.3 Å². The van der Waals surface area contributed by atoms with Gasteiger partial charge in [0.1, 0.15) is 12.7 Å². The van der Waals surface area contributed by atoms with Crippen LogP contribution in [-0.4, -0.2) is 58.9 Å². The van der Waals surface area contributed by atoms with Crippen molar-refractivity contribution < 1.29 is 34.3 Å². The van der Waals surface area contributed by atoms with Gasteiger partial charge in [0.25, 0.3) is 0 Å². The molecule has 21 heavy (non-hydrogen) atoms. The van der Waals surface area contributed by atoms with Crippen molar-refractivity contribution in [2.45, 2.75) is 51.4 Å². The Morgan fingerprint density at radius 1 is 1.38 bits per heavy atom. The van der Waals surface area contributed by atoms with E-state index in [4.69, 9.17) is 19.3 Å². The maximum absolute atomic E-state index is 11.8. The van der Waals surface area contributed by atoms with Gasteiger partial charge in [0.2, 0.25) is 5.76 Å². The van der Waals surface area contributed by atoms with E-state index in [0.717, 1.165) is 12.8 Å². The Bertz CT molecular complexity index is 383. The Hall–Kier alpha value is -1.31. The average Bonchev–Trinajstić information content (AvgIpc) is 2.72. The highest BCUT2D eigenvalue weighted by molar-refractivity contribution is 5.89. The first-order chi connectivity index (χ1) is 9.80. The Morgan fingerprint density at radius 2 is 2.05 bits per heavy atom. The van der Waals surface area contributed by atoms with Crippen molar-refractivity contribution in [3.05, 3.63) is 11.5 Å². The van der Waals surface area contributed by atoms with Crippen LogP contribution in [0.15, 0.2) is 11.5 Å². The van der Waals surface area contributed by atoms with Crippen molar-refractivity contribution in [3.8, 4) is 0 Å². The number of cyclic esters (lactones) is 1. The fourth-order valence-corrected chi connectivity index (χ4v) is 1.65. The van der Waals surface area contributed by atoms with E-state index in [-0.39, 0.29) is 18.1 Å². The van der Waals surface area contributed by atoms with Gasteiger partial charge in [-0.3, -0.25) is 0 Å². The van der Waals surface area contributed by atoms with Crippen molar-refractivity contribution in [2.75, 3.05) is 19.8 Å². The summed E-state index contributed by atoms with van der Waals surface area (Å²) in [7, 11) is 0. The van der Waals surface area contributed by atoms with Crippen molar-refractivity contribution in [1.29, 1.82) is 0 Å². The Morgan fingerprint density at radius 3 is 2.57 bits per heavy atom. The molecule has 0 radical (unpaired) electrons. The molecule has 0 aromatic heterocycles. The lowest BCUT2D eigenvalue weighted by molar-refractivity contribution is -0.149. The molecule has 7 heteroatoms. The van der Waals surface area contributed by atoms with E-state index in [1.54, 1.807) is 13.8 Å². The van der Waals surface area contributed by atoms with Crippen LogP contribution in [0, 0.1) is 0 Å². The first-order valence-electron chi connectivity index (χ1n) is 7.02. The zero-order valence-electron chi connectivity index (χ0n) is 12.7. The molecule has 0 aliphatic carbocycles. The standard InChI is InChI=1S/C14H24O7/c1-4-5-6-19-12-11(20-8-14(2,3)18)10(9(16)7-15)21-13(12)17/h9-10,15-16,18H,4-8H2,1-3H3/t9-,10+/m0/s1. The number of hydrogen-bond donors (Lipinski definition) is 3. The molecule has 0 aromatic rings. The van der Waals surface area contributed by atoms with Gasteiger partial charge in [-0.2, -0.15) is 0 Å². The van der Waals surface area contributed by atoms with Crippen LogP contribution in [-0.2, 0) is 19.0 Å². The number of rotatable bonds is 9. The van der Waals surface area contributed by atoms with Gasteiger partial charge in [-0.15, -0.1) is 0 Å². The number of aliphatic hydroxyl groups excluding tert-OH is 2. The second kappa shape index (κ2) is 7.63. The lowest BCUT2D eigenvalue weighted by Gasteiger charge is -2.22. The number of ether oxygens (including phenoxy) is 3. The summed E-state index contributed by atoms with van der Waals surface area (Å²) in [4.78, 5) is 11.8. The summed E-state index contributed by atoms with van der Waals surface area (Å²) in [5.74, 6) is -0.834. The van der Waals surface area contributed by atoms with Gasteiger partial charge in [0.15, 0.2) is 11.9 Å². The van der Waals surface area contributed by atoms with Crippen LogP contribution in [0.4, 0.5) is 0 Å². The Labute approximate surface area is 124 Å². The van der Waals surface area contributed by atoms with Crippen LogP contribution in [0.1, 0.15) is 33.6 Å². The molecule has 1 heterocycles. The van der Waals surface area contributed by atoms with E-state index in [0.29, 0.717) is 6.61 Å². The Kier molecular flexibility index (Phi) is 6.44. The summed E-state index contributed by atoms with van der Waals surface area (Å²) >= 11 is 0. The highest BCUT2D eigenvalue weighted by Crippen LogP contribution is 2.28. The van der Waals surface area contributed by atoms with Gasteiger partial charge >= 0.3 is 5.97 Å². The lowest BCUT2D eigenvalue weighted by Crippen LogP contribution is -2.34. The summed E-state index contributed by atoms with van der Waals surface area (Å²) in [5.41, 5.74) is -1.12. The predicted molar refractivity (Wildman–Crippen MR) is 73.1 cm³/mol. The van der Waals surface area contributed by atoms with E-state index in [1.165, 1.54) is 0 Å². The SMILES string of the molecule is CCCCOC1=C(OCC(C)(C)O)[C@@H]([C@@H](O)CO)OC1=O. The highest BCUT2D eigenvalue weighted by atomic mass is 16.6. The molecule has 0 saturated heterocycles. The van der Waals surface area contributed by atoms with E-state index in [9.17, 15) is 15.0 Å². The molecule has 1 rings (SSSR count). The average molecular weight is 304 g/mol. The van der Waals surface area contributed by atoms with E-state index in [1.807, 2.05) is 6.92 Å². The monoisotopic (exact) mass is 304 g/mol. The maximum Gasteiger partial charge on any atom is 0.378 e. The van der Waals surface area contributed by atoms with E-state index >= 15 is 0 Å². The number of carbonyl (C=O) groups is 1. The zero-order valence-corrected chi connectivity index (χ0v) is 12.7. The fraction of sp³-hybridized carbons (Fsp3) is 0.786. The third-order valence-corrected chi connectivity index (χ3v) is 2.76. The van der Waals surface area contributed by atoms with Crippen LogP contribution in [0.2, 0.25) is 0 Å². The largest absolute Gasteiger partial charge is 0.487 e. The summed E-state index contributed by atoms with van der Waals surface area (Å²) in [6.07, 6.45) is -0.785. The molecule has 0 fully saturated rings. The van der Waals surface area contributed by atoms with E-state index in [2.05, 4.69) is 0 Å². The highest BCUT2D eigenvalue weighted by Gasteiger charge is 2.42. The van der Waals surface area contributed by atoms with E-state index < -0.39 is 30.4 Å². The fourth-order valence-electron chi connectivity index (χ4n) is 1.65. The quantitative estimate of drug-likeness (QED) is 0.409. The normalized spacial score (nSPS) is 20.5. The summed E-state index contributed by atoms with van der Waals surface area (Å²) in [6.45, 7) is 4.69. The van der Waals surface area contributed by atoms with Gasteiger partial charge in [-0.25, -0.2) is 4.79 Å². The molecule has 122 valence electrons. The lowest BCUT2D eigenvalue weighted by atomic mass is 10.1. The minimum Gasteiger partial charge on any atom is -0.487 e. The zero-order chi connectivity index (χ0) is 16.0. The number of hydrogen-bond acceptors (Lipinski definition) is 7. The van der Waals surface area contributed by atoms with Crippen molar-refractivity contribution in [2.24, 2.45) is 0 Å². The van der Waals surface area contributed by atoms with Crippen molar-refractivity contribution in [3.63, 3.8) is 0 Å². The van der Waals surface area contributed by atoms with Gasteiger partial charge in [0, 0.05) is 0 Å². The molecule has 0 unspecified atom stereocenters. The first kappa shape index (κ1) is 17.7. The molecule has 0 aromatic carbocycles. The molecule has 0 bridgehead atoms. The second-order valence-electron chi connectivity index (χ2n) is 5.57. The van der Waals surface area contributed by atoms with Crippen LogP contribution in [0.3, 0.4) is 0 Å². The van der Waals surface area contributed by atoms with Crippen LogP contribution in [0.5, 0.6) is 0 Å². The van der Waals surface area contributed by atoms with Crippen LogP contribution >= 0.6 is 0 Å². The minimum absolute atomic E-state index is 0.0137. The molecule has 2 atom stereocenters. The molecule has 1 aliphatic rings. The molecular formula is C14H24O7. The number of esters is 1. The molecule has 1 aliphatic heterocycles. The van der Waals surface area contributed by atoms with Crippen LogP contribution < -0.4 is 0 Å². The Balaban J connectivity index is 2.89. The first-order valence-corrected chi connectivity index (χ1v) is 7.02. The van der Waals surface area contributed by atoms with Crippen molar-refractivity contribution >= 4 is 5.97 Å². The van der Waals surface area contributed by atoms with Gasteiger partial charge < -0.3 is 29.5 Å². The second-order valence-corrected chi connectivity index (χ2v) is 5.57. The minimum atomic E-state index is -1.31. The third-order valence-electron chi connectivity index (χ3n) is 2.76. The molecule has 3 N–H and O–H groups in total.